The van der Waals surface area contributed by atoms with Gasteiger partial charge in [-0.15, -0.1) is 0 Å². The third kappa shape index (κ3) is 3.27. The molecule has 0 saturated carbocycles. The van der Waals surface area contributed by atoms with Gasteiger partial charge in [0.1, 0.15) is 6.54 Å². The second-order valence-corrected chi connectivity index (χ2v) is 7.92. The molecule has 3 aromatic rings. The van der Waals surface area contributed by atoms with E-state index in [4.69, 9.17) is 16.1 Å². The van der Waals surface area contributed by atoms with Crippen molar-refractivity contribution in [3.8, 4) is 11.4 Å². The molecule has 0 unspecified atom stereocenters. The van der Waals surface area contributed by atoms with Crippen LogP contribution in [0.5, 0.6) is 0 Å². The molecule has 2 aliphatic rings. The van der Waals surface area contributed by atoms with Crippen LogP contribution in [-0.4, -0.2) is 39.0 Å². The maximum atomic E-state index is 13.1. The number of anilines is 1. The normalized spacial score (nSPS) is 20.1. The number of hydrogen-bond donors (Lipinski definition) is 0. The molecule has 31 heavy (non-hydrogen) atoms. The van der Waals surface area contributed by atoms with Crippen LogP contribution in [0.15, 0.2) is 57.3 Å². The van der Waals surface area contributed by atoms with E-state index in [1.54, 1.807) is 18.2 Å². The fourth-order valence-electron chi connectivity index (χ4n) is 3.61. The molecule has 3 heterocycles. The van der Waals surface area contributed by atoms with Crippen LogP contribution >= 0.6 is 11.6 Å². The van der Waals surface area contributed by atoms with E-state index < -0.39 is 23.9 Å². The molecule has 10 heteroatoms. The number of benzene rings is 2. The lowest BCUT2D eigenvalue weighted by Crippen LogP contribution is -2.39. The Morgan fingerprint density at radius 1 is 1.06 bits per heavy atom. The van der Waals surface area contributed by atoms with Gasteiger partial charge in [-0.1, -0.05) is 57.9 Å². The monoisotopic (exact) mass is 436 g/mol. The van der Waals surface area contributed by atoms with E-state index in [9.17, 15) is 9.59 Å². The average molecular weight is 437 g/mol. The molecule has 1 saturated heterocycles. The van der Waals surface area contributed by atoms with E-state index in [1.165, 1.54) is 5.01 Å². The summed E-state index contributed by atoms with van der Waals surface area (Å²) in [6.45, 7) is 3.90. The number of aryl methyl sites for hydroxylation is 2. The predicted octanol–water partition coefficient (Wildman–Crippen LogP) is 3.50. The molecule has 2 aromatic carbocycles. The number of imide groups is 1. The first kappa shape index (κ1) is 19.4. The summed E-state index contributed by atoms with van der Waals surface area (Å²) < 4.78 is 5.33. The summed E-state index contributed by atoms with van der Waals surface area (Å²) in [5, 5.41) is 13.9. The number of aromatic nitrogens is 2. The van der Waals surface area contributed by atoms with Crippen molar-refractivity contribution in [3.05, 3.63) is 64.5 Å². The first-order valence-corrected chi connectivity index (χ1v) is 10.0. The Hall–Kier alpha value is -3.59. The van der Waals surface area contributed by atoms with E-state index in [2.05, 4.69) is 20.5 Å². The Balaban J connectivity index is 1.36. The van der Waals surface area contributed by atoms with E-state index in [0.717, 1.165) is 21.6 Å². The Labute approximate surface area is 182 Å². The first-order valence-electron chi connectivity index (χ1n) is 9.63. The Morgan fingerprint density at radius 2 is 1.84 bits per heavy atom. The molecule has 9 nitrogen and oxygen atoms in total. The van der Waals surface area contributed by atoms with Gasteiger partial charge in [-0.3, -0.25) is 14.6 Å². The van der Waals surface area contributed by atoms with Crippen molar-refractivity contribution in [2.45, 2.75) is 32.5 Å². The van der Waals surface area contributed by atoms with Crippen LogP contribution in [0.3, 0.4) is 0 Å². The van der Waals surface area contributed by atoms with Gasteiger partial charge < -0.3 is 4.52 Å². The minimum absolute atomic E-state index is 0.0606. The standard InChI is InChI=1S/C21H17ClN6O3/c1-11-3-6-13(7-4-11)19-23-16(31-25-19)10-27-18-17(24-26-27)20(29)28(21(18)30)14-8-5-12(2)15(22)9-14/h3-9,17-18H,10H2,1-2H3/t17-,18+/m0/s1. The lowest BCUT2D eigenvalue weighted by molar-refractivity contribution is -0.123. The van der Waals surface area contributed by atoms with Gasteiger partial charge in [-0.2, -0.15) is 10.1 Å². The third-order valence-electron chi connectivity index (χ3n) is 5.35. The molecular weight excluding hydrogens is 420 g/mol. The second-order valence-electron chi connectivity index (χ2n) is 7.52. The van der Waals surface area contributed by atoms with Crippen LogP contribution in [-0.2, 0) is 16.1 Å². The summed E-state index contributed by atoms with van der Waals surface area (Å²) >= 11 is 6.18. The molecule has 0 radical (unpaired) electrons. The van der Waals surface area contributed by atoms with Crippen LogP contribution < -0.4 is 4.90 Å². The second kappa shape index (κ2) is 7.28. The largest absolute Gasteiger partial charge is 0.337 e. The summed E-state index contributed by atoms with van der Waals surface area (Å²) in [6.07, 6.45) is 0. The van der Waals surface area contributed by atoms with Crippen LogP contribution in [0.2, 0.25) is 5.02 Å². The summed E-state index contributed by atoms with van der Waals surface area (Å²) in [4.78, 5) is 31.4. The molecule has 0 spiro atoms. The number of rotatable bonds is 4. The number of carbonyl (C=O) groups is 2. The Kier molecular flexibility index (Phi) is 4.55. The summed E-state index contributed by atoms with van der Waals surface area (Å²) in [5.41, 5.74) is 3.21. The fourth-order valence-corrected chi connectivity index (χ4v) is 3.78. The molecule has 2 amide bonds. The highest BCUT2D eigenvalue weighted by atomic mass is 35.5. The number of carbonyl (C=O) groups excluding carboxylic acids is 2. The highest BCUT2D eigenvalue weighted by Gasteiger charge is 2.55. The molecule has 0 N–H and O–H groups in total. The third-order valence-corrected chi connectivity index (χ3v) is 5.75. The zero-order valence-corrected chi connectivity index (χ0v) is 17.4. The van der Waals surface area contributed by atoms with Crippen LogP contribution in [0.1, 0.15) is 17.0 Å². The zero-order chi connectivity index (χ0) is 21.7. The summed E-state index contributed by atoms with van der Waals surface area (Å²) in [7, 11) is 0. The van der Waals surface area contributed by atoms with Crippen molar-refractivity contribution in [1.29, 1.82) is 0 Å². The highest BCUT2D eigenvalue weighted by molar-refractivity contribution is 6.32. The van der Waals surface area contributed by atoms with Gasteiger partial charge in [0, 0.05) is 10.6 Å². The first-order chi connectivity index (χ1) is 14.9. The van der Waals surface area contributed by atoms with Crippen molar-refractivity contribution in [2.24, 2.45) is 10.3 Å². The summed E-state index contributed by atoms with van der Waals surface area (Å²) in [6, 6.07) is 11.0. The molecular formula is C21H17ClN6O3. The molecule has 5 rings (SSSR count). The zero-order valence-electron chi connectivity index (χ0n) is 16.7. The number of amides is 2. The maximum Gasteiger partial charge on any atom is 0.263 e. The highest BCUT2D eigenvalue weighted by Crippen LogP contribution is 2.34. The van der Waals surface area contributed by atoms with Gasteiger partial charge in [0.05, 0.1) is 5.69 Å². The molecule has 156 valence electrons. The van der Waals surface area contributed by atoms with Crippen LogP contribution in [0, 0.1) is 13.8 Å². The van der Waals surface area contributed by atoms with E-state index in [-0.39, 0.29) is 12.4 Å². The van der Waals surface area contributed by atoms with E-state index >= 15 is 0 Å². The number of hydrogen-bond acceptors (Lipinski definition) is 8. The van der Waals surface area contributed by atoms with Gasteiger partial charge in [0.2, 0.25) is 11.7 Å². The van der Waals surface area contributed by atoms with Crippen LogP contribution in [0.25, 0.3) is 11.4 Å². The Morgan fingerprint density at radius 3 is 2.58 bits per heavy atom. The van der Waals surface area contributed by atoms with Crippen molar-refractivity contribution >= 4 is 29.1 Å². The maximum absolute atomic E-state index is 13.1. The smallest absolute Gasteiger partial charge is 0.263 e. The van der Waals surface area contributed by atoms with Crippen molar-refractivity contribution in [1.82, 2.24) is 15.1 Å². The van der Waals surface area contributed by atoms with Gasteiger partial charge in [-0.25, -0.2) is 4.90 Å². The van der Waals surface area contributed by atoms with E-state index in [1.807, 2.05) is 38.1 Å². The van der Waals surface area contributed by atoms with Crippen molar-refractivity contribution in [2.75, 3.05) is 4.90 Å². The van der Waals surface area contributed by atoms with Crippen molar-refractivity contribution < 1.29 is 14.1 Å². The van der Waals surface area contributed by atoms with Gasteiger partial charge >= 0.3 is 0 Å². The Bertz CT molecular complexity index is 1220. The molecule has 2 atom stereocenters. The molecule has 0 aliphatic carbocycles. The molecule has 1 aromatic heterocycles. The topological polar surface area (TPSA) is 104 Å². The van der Waals surface area contributed by atoms with E-state index in [0.29, 0.717) is 16.5 Å². The number of nitrogens with zero attached hydrogens (tertiary/aromatic N) is 6. The van der Waals surface area contributed by atoms with Crippen LogP contribution in [0.4, 0.5) is 5.69 Å². The SMILES string of the molecule is Cc1ccc(-c2noc(CN3N=N[C@@H]4C(=O)N(c5ccc(C)c(Cl)c5)C(=O)[C@@H]43)n2)cc1. The fraction of sp³-hybridized carbons (Fsp3) is 0.238. The predicted molar refractivity (Wildman–Crippen MR) is 111 cm³/mol. The quantitative estimate of drug-likeness (QED) is 0.580. The lowest BCUT2D eigenvalue weighted by Gasteiger charge is -2.19. The number of fused-ring (bicyclic) bond motifs is 1. The van der Waals surface area contributed by atoms with Gasteiger partial charge in [-0.05, 0) is 31.5 Å². The minimum atomic E-state index is -0.910. The molecule has 2 aliphatic heterocycles. The van der Waals surface area contributed by atoms with Crippen molar-refractivity contribution in [3.63, 3.8) is 0 Å². The van der Waals surface area contributed by atoms with Gasteiger partial charge in [0.25, 0.3) is 11.8 Å². The van der Waals surface area contributed by atoms with Gasteiger partial charge in [0.15, 0.2) is 12.1 Å². The lowest BCUT2D eigenvalue weighted by atomic mass is 10.1. The molecule has 1 fully saturated rings. The number of halogens is 1. The average Bonchev–Trinajstić information content (AvgIpc) is 3.44. The summed E-state index contributed by atoms with van der Waals surface area (Å²) in [5.74, 6) is -0.148. The minimum Gasteiger partial charge on any atom is -0.337 e. The molecule has 0 bridgehead atoms.